The van der Waals surface area contributed by atoms with Crippen LogP contribution in [0.5, 0.6) is 0 Å². The highest BCUT2D eigenvalue weighted by molar-refractivity contribution is 7.92. The molecule has 0 radical (unpaired) electrons. The Morgan fingerprint density at radius 2 is 1.65 bits per heavy atom. The van der Waals surface area contributed by atoms with E-state index in [-0.39, 0.29) is 23.4 Å². The van der Waals surface area contributed by atoms with Crippen LogP contribution in [0.15, 0.2) is 71.6 Å². The number of amides is 1. The number of fused-ring (bicyclic) bond motifs is 1. The second kappa shape index (κ2) is 10.0. The molecule has 0 fully saturated rings. The molecule has 0 bridgehead atoms. The van der Waals surface area contributed by atoms with Crippen LogP contribution in [0.3, 0.4) is 0 Å². The molecule has 3 aromatic rings. The Kier molecular flexibility index (Phi) is 7.08. The molecule has 0 aromatic heterocycles. The Bertz CT molecular complexity index is 1290. The largest absolute Gasteiger partial charge is 0.348 e. The Morgan fingerprint density at radius 3 is 2.35 bits per heavy atom. The number of nitrogens with one attached hydrogen (secondary N) is 1. The van der Waals surface area contributed by atoms with Gasteiger partial charge in [0.15, 0.2) is 0 Å². The van der Waals surface area contributed by atoms with E-state index in [1.54, 1.807) is 36.4 Å². The van der Waals surface area contributed by atoms with Gasteiger partial charge in [0.25, 0.3) is 10.0 Å². The second-order valence-corrected chi connectivity index (χ2v) is 11.0. The first-order valence-corrected chi connectivity index (χ1v) is 13.3. The summed E-state index contributed by atoms with van der Waals surface area (Å²) in [5, 5.41) is 3.01. The topological polar surface area (TPSA) is 66.5 Å². The number of hydrogen-bond acceptors (Lipinski definition) is 3. The molecule has 0 saturated carbocycles. The third kappa shape index (κ3) is 5.17. The number of hydrogen-bond donors (Lipinski definition) is 1. The molecule has 178 valence electrons. The van der Waals surface area contributed by atoms with Gasteiger partial charge in [-0.15, -0.1) is 0 Å². The molecule has 0 spiro atoms. The summed E-state index contributed by atoms with van der Waals surface area (Å²) in [6, 6.07) is 20.0. The van der Waals surface area contributed by atoms with Crippen molar-refractivity contribution in [2.75, 3.05) is 10.8 Å². The number of benzene rings is 3. The van der Waals surface area contributed by atoms with Gasteiger partial charge in [-0.05, 0) is 86.9 Å². The third-order valence-corrected chi connectivity index (χ3v) is 8.26. The number of aryl methyl sites for hydroxylation is 4. The van der Waals surface area contributed by atoms with E-state index in [1.165, 1.54) is 28.3 Å². The van der Waals surface area contributed by atoms with Crippen molar-refractivity contribution in [2.24, 2.45) is 0 Å². The van der Waals surface area contributed by atoms with E-state index in [9.17, 15) is 13.2 Å². The molecule has 3 aromatic carbocycles. The quantitative estimate of drug-likeness (QED) is 0.506. The normalized spacial score (nSPS) is 14.2. The van der Waals surface area contributed by atoms with E-state index in [4.69, 9.17) is 0 Å². The summed E-state index contributed by atoms with van der Waals surface area (Å²) in [4.78, 5) is 13.3. The minimum absolute atomic E-state index is 0.158. The van der Waals surface area contributed by atoms with Crippen LogP contribution in [0.25, 0.3) is 0 Å². The number of anilines is 1. The summed E-state index contributed by atoms with van der Waals surface area (Å²) >= 11 is 0. The first kappa shape index (κ1) is 24.0. The van der Waals surface area contributed by atoms with Crippen molar-refractivity contribution in [2.45, 2.75) is 57.4 Å². The maximum atomic E-state index is 13.6. The van der Waals surface area contributed by atoms with E-state index in [2.05, 4.69) is 23.5 Å². The van der Waals surface area contributed by atoms with Gasteiger partial charge in [0.05, 0.1) is 16.6 Å². The first-order chi connectivity index (χ1) is 16.3. The summed E-state index contributed by atoms with van der Waals surface area (Å²) in [6.45, 7) is 5.47. The van der Waals surface area contributed by atoms with Gasteiger partial charge < -0.3 is 5.32 Å². The molecule has 1 N–H and O–H groups in total. The molecular weight excluding hydrogens is 444 g/mol. The Hall–Kier alpha value is -3.12. The molecule has 1 aliphatic carbocycles. The predicted octanol–water partition coefficient (Wildman–Crippen LogP) is 5.25. The van der Waals surface area contributed by atoms with Crippen LogP contribution >= 0.6 is 0 Å². The summed E-state index contributed by atoms with van der Waals surface area (Å²) in [5.41, 5.74) is 6.12. The van der Waals surface area contributed by atoms with Gasteiger partial charge >= 0.3 is 0 Å². The van der Waals surface area contributed by atoms with Gasteiger partial charge in [-0.2, -0.15) is 0 Å². The highest BCUT2D eigenvalue weighted by Gasteiger charge is 2.28. The summed E-state index contributed by atoms with van der Waals surface area (Å²) in [7, 11) is -3.92. The Balaban J connectivity index is 1.59. The van der Waals surface area contributed by atoms with Crippen LogP contribution < -0.4 is 9.62 Å². The van der Waals surface area contributed by atoms with Crippen molar-refractivity contribution >= 4 is 21.6 Å². The lowest BCUT2D eigenvalue weighted by Crippen LogP contribution is -2.42. The Labute approximate surface area is 202 Å². The van der Waals surface area contributed by atoms with E-state index in [0.717, 1.165) is 29.5 Å². The lowest BCUT2D eigenvalue weighted by atomic mass is 9.89. The van der Waals surface area contributed by atoms with Gasteiger partial charge in [-0.3, -0.25) is 9.10 Å². The Morgan fingerprint density at radius 1 is 0.941 bits per heavy atom. The third-order valence-electron chi connectivity index (χ3n) is 6.49. The van der Waals surface area contributed by atoms with Crippen molar-refractivity contribution in [3.05, 3.63) is 94.5 Å². The second-order valence-electron chi connectivity index (χ2n) is 9.14. The lowest BCUT2D eigenvalue weighted by molar-refractivity contribution is -0.120. The fourth-order valence-electron chi connectivity index (χ4n) is 4.63. The molecule has 0 heterocycles. The summed E-state index contributed by atoms with van der Waals surface area (Å²) in [5.74, 6) is -0.343. The van der Waals surface area contributed by atoms with Gasteiger partial charge in [0, 0.05) is 0 Å². The van der Waals surface area contributed by atoms with Crippen molar-refractivity contribution in [3.63, 3.8) is 0 Å². The van der Waals surface area contributed by atoms with Crippen LogP contribution in [-0.4, -0.2) is 20.9 Å². The van der Waals surface area contributed by atoms with Gasteiger partial charge in [-0.1, -0.05) is 54.1 Å². The molecule has 0 aliphatic heterocycles. The molecule has 4 rings (SSSR count). The van der Waals surface area contributed by atoms with Crippen molar-refractivity contribution < 1.29 is 13.2 Å². The maximum Gasteiger partial charge on any atom is 0.264 e. The van der Waals surface area contributed by atoms with Crippen molar-refractivity contribution in [1.82, 2.24) is 5.32 Å². The number of carbonyl (C=O) groups excluding carboxylic acids is 1. The fourth-order valence-corrected chi connectivity index (χ4v) is 6.13. The zero-order valence-electron chi connectivity index (χ0n) is 20.0. The standard InChI is InChI=1S/C28H32N2O3S/c1-20-13-16-27(21(2)17-20)30(34(32,33)26-11-5-4-6-12-26)19-28(31)29-22(3)24-15-14-23-9-7-8-10-25(23)18-24/h4-6,11-18,22H,7-10,19H2,1-3H3,(H,29,31)/t22-/m0/s1. The molecule has 34 heavy (non-hydrogen) atoms. The molecule has 0 saturated heterocycles. The highest BCUT2D eigenvalue weighted by atomic mass is 32.2. The molecule has 5 nitrogen and oxygen atoms in total. The lowest BCUT2D eigenvalue weighted by Gasteiger charge is -2.27. The molecule has 6 heteroatoms. The smallest absolute Gasteiger partial charge is 0.264 e. The van der Waals surface area contributed by atoms with Crippen molar-refractivity contribution in [3.8, 4) is 0 Å². The molecule has 0 unspecified atom stereocenters. The SMILES string of the molecule is Cc1ccc(N(CC(=O)N[C@@H](C)c2ccc3c(c2)CCCC3)S(=O)(=O)c2ccccc2)c(C)c1. The first-order valence-electron chi connectivity index (χ1n) is 11.8. The van der Waals surface area contributed by atoms with E-state index in [0.29, 0.717) is 5.69 Å². The molecule has 1 amide bonds. The molecule has 1 aliphatic rings. The van der Waals surface area contributed by atoms with E-state index in [1.807, 2.05) is 32.9 Å². The molecule has 1 atom stereocenters. The maximum absolute atomic E-state index is 13.6. The molecular formula is C28H32N2O3S. The average molecular weight is 477 g/mol. The number of carbonyl (C=O) groups is 1. The van der Waals surface area contributed by atoms with Crippen LogP contribution in [0.2, 0.25) is 0 Å². The minimum Gasteiger partial charge on any atom is -0.348 e. The minimum atomic E-state index is -3.92. The fraction of sp³-hybridized carbons (Fsp3) is 0.321. The number of rotatable bonds is 7. The monoisotopic (exact) mass is 476 g/mol. The van der Waals surface area contributed by atoms with E-state index >= 15 is 0 Å². The number of nitrogens with zero attached hydrogens (tertiary/aromatic N) is 1. The van der Waals surface area contributed by atoms with Crippen LogP contribution in [0.1, 0.15) is 53.6 Å². The zero-order valence-corrected chi connectivity index (χ0v) is 20.9. The van der Waals surface area contributed by atoms with Crippen LogP contribution in [-0.2, 0) is 27.7 Å². The number of sulfonamides is 1. The highest BCUT2D eigenvalue weighted by Crippen LogP contribution is 2.28. The zero-order chi connectivity index (χ0) is 24.3. The van der Waals surface area contributed by atoms with Gasteiger partial charge in [0.1, 0.15) is 6.54 Å². The predicted molar refractivity (Wildman–Crippen MR) is 137 cm³/mol. The van der Waals surface area contributed by atoms with Crippen LogP contribution in [0.4, 0.5) is 5.69 Å². The van der Waals surface area contributed by atoms with Crippen molar-refractivity contribution in [1.29, 1.82) is 0 Å². The van der Waals surface area contributed by atoms with Crippen LogP contribution in [0, 0.1) is 13.8 Å². The summed E-state index contributed by atoms with van der Waals surface area (Å²) in [6.07, 6.45) is 4.60. The van der Waals surface area contributed by atoms with E-state index < -0.39 is 10.0 Å². The van der Waals surface area contributed by atoms with Gasteiger partial charge in [-0.25, -0.2) is 8.42 Å². The average Bonchev–Trinajstić information content (AvgIpc) is 2.83. The van der Waals surface area contributed by atoms with Gasteiger partial charge in [0.2, 0.25) is 5.91 Å². The summed E-state index contributed by atoms with van der Waals surface area (Å²) < 4.78 is 28.3.